The van der Waals surface area contributed by atoms with E-state index in [2.05, 4.69) is 5.32 Å². The summed E-state index contributed by atoms with van der Waals surface area (Å²) in [5.74, 6) is 0.0371. The third-order valence-corrected chi connectivity index (χ3v) is 3.13. The van der Waals surface area contributed by atoms with Crippen molar-refractivity contribution in [3.05, 3.63) is 34.2 Å². The Morgan fingerprint density at radius 1 is 1.22 bits per heavy atom. The van der Waals surface area contributed by atoms with Gasteiger partial charge < -0.3 is 5.32 Å². The maximum atomic E-state index is 11.9. The number of carbonyl (C=O) groups is 1. The summed E-state index contributed by atoms with van der Waals surface area (Å²) in [5, 5.41) is 3.00. The number of ketones is 1. The second-order valence-electron chi connectivity index (χ2n) is 4.31. The van der Waals surface area contributed by atoms with Crippen molar-refractivity contribution in [2.24, 2.45) is 14.1 Å². The van der Waals surface area contributed by atoms with Crippen molar-refractivity contribution in [1.29, 1.82) is 0 Å². The summed E-state index contributed by atoms with van der Waals surface area (Å²) < 4.78 is 3.13. The van der Waals surface area contributed by atoms with Crippen LogP contribution in [0.5, 0.6) is 0 Å². The number of benzene rings is 1. The summed E-state index contributed by atoms with van der Waals surface area (Å²) >= 11 is 0. The van der Waals surface area contributed by atoms with E-state index < -0.39 is 0 Å². The highest BCUT2D eigenvalue weighted by Crippen LogP contribution is 2.14. The molecule has 1 heterocycles. The van der Waals surface area contributed by atoms with Crippen LogP contribution in [0.1, 0.15) is 17.3 Å². The van der Waals surface area contributed by atoms with Gasteiger partial charge in [-0.25, -0.2) is 4.79 Å². The number of nitrogens with one attached hydrogen (secondary N) is 1. The van der Waals surface area contributed by atoms with E-state index in [4.69, 9.17) is 0 Å². The molecule has 0 amide bonds. The molecule has 5 nitrogen and oxygen atoms in total. The Hall–Kier alpha value is -1.88. The predicted octanol–water partition coefficient (Wildman–Crippen LogP) is 0.669. The second-order valence-corrected chi connectivity index (χ2v) is 4.31. The van der Waals surface area contributed by atoms with Crippen LogP contribution in [0.15, 0.2) is 23.0 Å². The van der Waals surface area contributed by atoms with Crippen LogP contribution < -0.4 is 11.0 Å². The van der Waals surface area contributed by atoms with Gasteiger partial charge in [0, 0.05) is 19.7 Å². The number of fused-ring (bicyclic) bond motifs is 1. The minimum Gasteiger partial charge on any atom is -0.310 e. The zero-order valence-electron chi connectivity index (χ0n) is 10.9. The average molecular weight is 247 g/mol. The summed E-state index contributed by atoms with van der Waals surface area (Å²) in [6, 6.07) is 5.35. The molecule has 2 aromatic rings. The van der Waals surface area contributed by atoms with Crippen molar-refractivity contribution in [3.63, 3.8) is 0 Å². The van der Waals surface area contributed by atoms with E-state index in [-0.39, 0.29) is 11.5 Å². The summed E-state index contributed by atoms with van der Waals surface area (Å²) in [7, 11) is 3.44. The number of Topliss-reactive ketones (excluding diaryl/α,β-unsaturated/α-hetero) is 1. The molecular formula is C13H17N3O2. The van der Waals surface area contributed by atoms with E-state index in [1.165, 1.54) is 0 Å². The zero-order chi connectivity index (χ0) is 13.3. The lowest BCUT2D eigenvalue weighted by atomic mass is 10.1. The molecule has 0 saturated carbocycles. The number of rotatable bonds is 4. The fourth-order valence-corrected chi connectivity index (χ4v) is 2.02. The number of nitrogens with zero attached hydrogens (tertiary/aromatic N) is 2. The van der Waals surface area contributed by atoms with Crippen LogP contribution in [-0.2, 0) is 14.1 Å². The third kappa shape index (κ3) is 1.97. The Morgan fingerprint density at radius 2 is 1.89 bits per heavy atom. The molecule has 1 aromatic heterocycles. The van der Waals surface area contributed by atoms with Crippen molar-refractivity contribution in [2.75, 3.05) is 13.1 Å². The number of aryl methyl sites for hydroxylation is 2. The maximum absolute atomic E-state index is 11.9. The third-order valence-electron chi connectivity index (χ3n) is 3.13. The topological polar surface area (TPSA) is 56.0 Å². The molecule has 5 heteroatoms. The maximum Gasteiger partial charge on any atom is 0.328 e. The monoisotopic (exact) mass is 247 g/mol. The van der Waals surface area contributed by atoms with E-state index in [1.54, 1.807) is 35.4 Å². The summed E-state index contributed by atoms with van der Waals surface area (Å²) in [5.41, 5.74) is 2.17. The van der Waals surface area contributed by atoms with Gasteiger partial charge in [-0.1, -0.05) is 6.92 Å². The first-order valence-electron chi connectivity index (χ1n) is 5.95. The quantitative estimate of drug-likeness (QED) is 0.808. The van der Waals surface area contributed by atoms with Crippen molar-refractivity contribution in [2.45, 2.75) is 6.92 Å². The first kappa shape index (κ1) is 12.6. The number of aromatic nitrogens is 2. The van der Waals surface area contributed by atoms with E-state index in [0.717, 1.165) is 17.6 Å². The number of imidazole rings is 1. The van der Waals surface area contributed by atoms with E-state index in [1.807, 2.05) is 13.0 Å². The average Bonchev–Trinajstić information content (AvgIpc) is 2.61. The summed E-state index contributed by atoms with van der Waals surface area (Å²) in [6.07, 6.45) is 0. The molecule has 0 radical (unpaired) electrons. The number of likely N-dealkylation sites (N-methyl/N-ethyl adjacent to an activating group) is 1. The lowest BCUT2D eigenvalue weighted by Crippen LogP contribution is -2.22. The fraction of sp³-hybridized carbons (Fsp3) is 0.385. The van der Waals surface area contributed by atoms with Gasteiger partial charge in [0.15, 0.2) is 5.78 Å². The standard InChI is InChI=1S/C13H17N3O2/c1-4-14-8-12(17)9-5-6-10-11(7-9)16(3)13(18)15(10)2/h5-7,14H,4,8H2,1-3H3. The fourth-order valence-electron chi connectivity index (χ4n) is 2.02. The van der Waals surface area contributed by atoms with E-state index in [0.29, 0.717) is 12.1 Å². The van der Waals surface area contributed by atoms with Crippen LogP contribution in [0.3, 0.4) is 0 Å². The molecule has 0 atom stereocenters. The highest BCUT2D eigenvalue weighted by Gasteiger charge is 2.11. The van der Waals surface area contributed by atoms with Crippen LogP contribution >= 0.6 is 0 Å². The van der Waals surface area contributed by atoms with Gasteiger partial charge in [-0.15, -0.1) is 0 Å². The largest absolute Gasteiger partial charge is 0.328 e. The molecule has 96 valence electrons. The number of hydrogen-bond donors (Lipinski definition) is 1. The van der Waals surface area contributed by atoms with Gasteiger partial charge in [-0.2, -0.15) is 0 Å². The SMILES string of the molecule is CCNCC(=O)c1ccc2c(c1)n(C)c(=O)n2C. The van der Waals surface area contributed by atoms with Crippen molar-refractivity contribution < 1.29 is 4.79 Å². The van der Waals surface area contributed by atoms with E-state index >= 15 is 0 Å². The molecule has 18 heavy (non-hydrogen) atoms. The summed E-state index contributed by atoms with van der Waals surface area (Å²) in [4.78, 5) is 23.7. The molecule has 0 aliphatic heterocycles. The van der Waals surface area contributed by atoms with Gasteiger partial charge in [0.1, 0.15) is 0 Å². The highest BCUT2D eigenvalue weighted by atomic mass is 16.1. The lowest BCUT2D eigenvalue weighted by molar-refractivity contribution is 0.0992. The Morgan fingerprint density at radius 3 is 2.56 bits per heavy atom. The smallest absolute Gasteiger partial charge is 0.310 e. The highest BCUT2D eigenvalue weighted by molar-refractivity contribution is 6.00. The Labute approximate surface area is 105 Å². The van der Waals surface area contributed by atoms with Crippen LogP contribution in [0.4, 0.5) is 0 Å². The first-order valence-corrected chi connectivity index (χ1v) is 5.95. The Bertz CT molecular complexity index is 652. The van der Waals surface area contributed by atoms with Crippen molar-refractivity contribution in [3.8, 4) is 0 Å². The first-order chi connectivity index (χ1) is 8.56. The molecule has 2 rings (SSSR count). The molecule has 0 fully saturated rings. The molecule has 0 saturated heterocycles. The number of hydrogen-bond acceptors (Lipinski definition) is 3. The van der Waals surface area contributed by atoms with Gasteiger partial charge in [0.25, 0.3) is 0 Å². The molecule has 1 aromatic carbocycles. The lowest BCUT2D eigenvalue weighted by Gasteiger charge is -2.02. The van der Waals surface area contributed by atoms with Gasteiger partial charge >= 0.3 is 5.69 Å². The number of carbonyl (C=O) groups excluding carboxylic acids is 1. The molecule has 1 N–H and O–H groups in total. The minimum absolute atomic E-state index is 0.0371. The van der Waals surface area contributed by atoms with Crippen LogP contribution in [0.2, 0.25) is 0 Å². The Balaban J connectivity index is 2.48. The predicted molar refractivity (Wildman–Crippen MR) is 71.0 cm³/mol. The van der Waals surface area contributed by atoms with Gasteiger partial charge in [0.2, 0.25) is 0 Å². The second kappa shape index (κ2) is 4.78. The molecule has 0 spiro atoms. The molecule has 0 aliphatic carbocycles. The van der Waals surface area contributed by atoms with Crippen LogP contribution in [0.25, 0.3) is 11.0 Å². The summed E-state index contributed by atoms with van der Waals surface area (Å²) in [6.45, 7) is 3.04. The van der Waals surface area contributed by atoms with E-state index in [9.17, 15) is 9.59 Å². The normalized spacial score (nSPS) is 11.1. The van der Waals surface area contributed by atoms with Gasteiger partial charge in [0.05, 0.1) is 17.6 Å². The molecule has 0 aliphatic rings. The van der Waals surface area contributed by atoms with Crippen LogP contribution in [0, 0.1) is 0 Å². The zero-order valence-corrected chi connectivity index (χ0v) is 10.9. The molecule has 0 unspecified atom stereocenters. The van der Waals surface area contributed by atoms with Crippen molar-refractivity contribution >= 4 is 16.8 Å². The Kier molecular flexibility index (Phi) is 3.34. The van der Waals surface area contributed by atoms with Crippen LogP contribution in [-0.4, -0.2) is 28.0 Å². The minimum atomic E-state index is -0.0821. The molecular weight excluding hydrogens is 230 g/mol. The molecule has 0 bridgehead atoms. The van der Waals surface area contributed by atoms with Gasteiger partial charge in [-0.05, 0) is 24.7 Å². The van der Waals surface area contributed by atoms with Gasteiger partial charge in [-0.3, -0.25) is 13.9 Å². The van der Waals surface area contributed by atoms with Crippen molar-refractivity contribution in [1.82, 2.24) is 14.5 Å².